The lowest BCUT2D eigenvalue weighted by Crippen LogP contribution is -1.94. The molecule has 0 aliphatic carbocycles. The van der Waals surface area contributed by atoms with Gasteiger partial charge in [-0.05, 0) is 44.5 Å². The Morgan fingerprint density at radius 3 is 1.77 bits per heavy atom. The summed E-state index contributed by atoms with van der Waals surface area (Å²) >= 11 is 0. The van der Waals surface area contributed by atoms with Crippen LogP contribution in [0.3, 0.4) is 0 Å². The van der Waals surface area contributed by atoms with Gasteiger partial charge < -0.3 is 4.42 Å². The molecule has 0 N–H and O–H groups in total. The second kappa shape index (κ2) is 10.5. The highest BCUT2D eigenvalue weighted by atomic mass is 16.3. The van der Waals surface area contributed by atoms with Gasteiger partial charge in [0, 0.05) is 39.0 Å². The summed E-state index contributed by atoms with van der Waals surface area (Å²) in [4.78, 5) is 0. The summed E-state index contributed by atoms with van der Waals surface area (Å²) in [6.07, 6.45) is 2.18. The van der Waals surface area contributed by atoms with Crippen molar-refractivity contribution in [2.75, 3.05) is 0 Å². The zero-order chi connectivity index (χ0) is 31.6. The van der Waals surface area contributed by atoms with Crippen molar-refractivity contribution >= 4 is 49.1 Å². The van der Waals surface area contributed by atoms with Crippen LogP contribution in [0.5, 0.6) is 0 Å². The van der Waals surface area contributed by atoms with E-state index in [4.69, 9.17) is 9.52 Å². The first-order valence-corrected chi connectivity index (χ1v) is 16.2. The van der Waals surface area contributed by atoms with Crippen molar-refractivity contribution < 1.29 is 4.42 Å². The summed E-state index contributed by atoms with van der Waals surface area (Å²) < 4.78 is 8.45. The Hall–Kier alpha value is -6.52. The van der Waals surface area contributed by atoms with Crippen LogP contribution in [0.4, 0.5) is 0 Å². The molecule has 0 fully saturated rings. The first kappa shape index (κ1) is 26.7. The number of fused-ring (bicyclic) bond motifs is 7. The van der Waals surface area contributed by atoms with Crippen molar-refractivity contribution in [3.63, 3.8) is 0 Å². The molecular formula is C44H27N3O. The number of hydrogen-bond acceptors (Lipinski definition) is 3. The molecule has 0 bridgehead atoms. The van der Waals surface area contributed by atoms with E-state index < -0.39 is 0 Å². The highest BCUT2D eigenvalue weighted by Crippen LogP contribution is 2.38. The average Bonchev–Trinajstić information content (AvgIpc) is 3.77. The number of benzene rings is 7. The minimum Gasteiger partial charge on any atom is -0.455 e. The Bertz CT molecular complexity index is 2820. The van der Waals surface area contributed by atoms with Crippen molar-refractivity contribution in [2.24, 2.45) is 0 Å². The van der Waals surface area contributed by atoms with Crippen LogP contribution in [0.2, 0.25) is 0 Å². The van der Waals surface area contributed by atoms with E-state index in [9.17, 15) is 0 Å². The molecule has 0 spiro atoms. The number of nitrogens with zero attached hydrogens (tertiary/aromatic N) is 3. The van der Waals surface area contributed by atoms with Crippen LogP contribution in [0.1, 0.15) is 0 Å². The largest absolute Gasteiger partial charge is 0.455 e. The van der Waals surface area contributed by atoms with Gasteiger partial charge in [-0.15, -0.1) is 10.2 Å². The van der Waals surface area contributed by atoms with Crippen LogP contribution in [0.25, 0.3) is 93.9 Å². The molecule has 0 saturated heterocycles. The molecule has 3 heterocycles. The van der Waals surface area contributed by atoms with E-state index in [1.165, 1.54) is 21.9 Å². The molecule has 10 aromatic rings. The molecule has 0 atom stereocenters. The van der Waals surface area contributed by atoms with Crippen molar-refractivity contribution in [1.82, 2.24) is 14.6 Å². The fraction of sp³-hybridized carbons (Fsp3) is 0. The summed E-state index contributed by atoms with van der Waals surface area (Å²) in [7, 11) is 0. The second-order valence-corrected chi connectivity index (χ2v) is 12.3. The summed E-state index contributed by atoms with van der Waals surface area (Å²) in [5.41, 5.74) is 10.5. The highest BCUT2D eigenvalue weighted by molar-refractivity contribution is 6.09. The van der Waals surface area contributed by atoms with Crippen LogP contribution in [0.15, 0.2) is 168 Å². The maximum absolute atomic E-state index is 6.32. The zero-order valence-corrected chi connectivity index (χ0v) is 25.8. The molecule has 4 heteroatoms. The SMILES string of the molecule is c1ccc2c(-c3ccc(-c4cn5c(-c6ccc(-c7cccc8c7oc7ccccc78)cc6)nnc5c5ccccc45)cc3)cccc2c1. The Labute approximate surface area is 276 Å². The van der Waals surface area contributed by atoms with Gasteiger partial charge in [0.05, 0.1) is 0 Å². The maximum Gasteiger partial charge on any atom is 0.169 e. The van der Waals surface area contributed by atoms with Gasteiger partial charge in [-0.2, -0.15) is 0 Å². The number of hydrogen-bond donors (Lipinski definition) is 0. The standard InChI is InChI=1S/C44H27N3O/c1-2-11-33-28(9-1)10-7-15-34(33)29-19-21-31(22-20-29)40-27-47-43(45-46-44(47)39-14-4-3-12-36(39)40)32-25-23-30(24-26-32)35-16-8-17-38-37-13-5-6-18-41(37)48-42(35)38/h1-27H. The fourth-order valence-electron chi connectivity index (χ4n) is 7.22. The monoisotopic (exact) mass is 613 g/mol. The fourth-order valence-corrected chi connectivity index (χ4v) is 7.22. The molecule has 0 aliphatic heterocycles. The number of pyridine rings is 1. The van der Waals surface area contributed by atoms with Gasteiger partial charge in [0.15, 0.2) is 11.5 Å². The number of para-hydroxylation sites is 2. The Balaban J connectivity index is 1.07. The predicted octanol–water partition coefficient (Wildman–Crippen LogP) is 11.6. The first-order valence-electron chi connectivity index (χ1n) is 16.2. The molecule has 4 nitrogen and oxygen atoms in total. The summed E-state index contributed by atoms with van der Waals surface area (Å²) in [5, 5.41) is 16.4. The maximum atomic E-state index is 6.32. The summed E-state index contributed by atoms with van der Waals surface area (Å²) in [6.45, 7) is 0. The minimum absolute atomic E-state index is 0.804. The molecule has 0 unspecified atom stereocenters. The van der Waals surface area contributed by atoms with Crippen molar-refractivity contribution in [2.45, 2.75) is 0 Å². The molecule has 48 heavy (non-hydrogen) atoms. The Morgan fingerprint density at radius 2 is 0.958 bits per heavy atom. The Kier molecular flexibility index (Phi) is 5.84. The minimum atomic E-state index is 0.804. The zero-order valence-electron chi connectivity index (χ0n) is 25.8. The lowest BCUT2D eigenvalue weighted by Gasteiger charge is -2.12. The number of rotatable bonds is 4. The second-order valence-electron chi connectivity index (χ2n) is 12.3. The lowest BCUT2D eigenvalue weighted by atomic mass is 9.95. The number of furan rings is 1. The van der Waals surface area contributed by atoms with Crippen LogP contribution < -0.4 is 0 Å². The molecule has 0 radical (unpaired) electrons. The van der Waals surface area contributed by atoms with Crippen LogP contribution >= 0.6 is 0 Å². The topological polar surface area (TPSA) is 43.3 Å². The molecular weight excluding hydrogens is 587 g/mol. The molecule has 10 rings (SSSR count). The molecule has 0 aliphatic rings. The predicted molar refractivity (Wildman–Crippen MR) is 197 cm³/mol. The quantitative estimate of drug-likeness (QED) is 0.198. The van der Waals surface area contributed by atoms with Crippen molar-refractivity contribution in [3.05, 3.63) is 164 Å². The van der Waals surface area contributed by atoms with Crippen molar-refractivity contribution in [1.29, 1.82) is 0 Å². The summed E-state index contributed by atoms with van der Waals surface area (Å²) in [6, 6.07) is 55.5. The molecule has 3 aromatic heterocycles. The van der Waals surface area contributed by atoms with Gasteiger partial charge >= 0.3 is 0 Å². The normalized spacial score (nSPS) is 11.8. The Morgan fingerprint density at radius 1 is 0.396 bits per heavy atom. The van der Waals surface area contributed by atoms with E-state index in [2.05, 4.69) is 161 Å². The van der Waals surface area contributed by atoms with Crippen molar-refractivity contribution in [3.8, 4) is 44.8 Å². The van der Waals surface area contributed by atoms with Gasteiger partial charge in [0.2, 0.25) is 0 Å². The lowest BCUT2D eigenvalue weighted by molar-refractivity contribution is 0.670. The van der Waals surface area contributed by atoms with Gasteiger partial charge in [-0.25, -0.2) is 0 Å². The van der Waals surface area contributed by atoms with E-state index in [-0.39, 0.29) is 0 Å². The first-order chi connectivity index (χ1) is 23.8. The van der Waals surface area contributed by atoms with Crippen LogP contribution in [0, 0.1) is 0 Å². The van der Waals surface area contributed by atoms with E-state index in [0.29, 0.717) is 0 Å². The third-order valence-corrected chi connectivity index (χ3v) is 9.57. The molecule has 7 aromatic carbocycles. The van der Waals surface area contributed by atoms with Gasteiger partial charge in [-0.1, -0.05) is 152 Å². The van der Waals surface area contributed by atoms with E-state index in [0.717, 1.165) is 72.0 Å². The highest BCUT2D eigenvalue weighted by Gasteiger charge is 2.17. The molecule has 0 amide bonds. The third kappa shape index (κ3) is 4.10. The van der Waals surface area contributed by atoms with Gasteiger partial charge in [-0.3, -0.25) is 4.40 Å². The van der Waals surface area contributed by atoms with Crippen LogP contribution in [-0.4, -0.2) is 14.6 Å². The van der Waals surface area contributed by atoms with E-state index in [1.54, 1.807) is 0 Å². The third-order valence-electron chi connectivity index (χ3n) is 9.57. The average molecular weight is 614 g/mol. The van der Waals surface area contributed by atoms with Gasteiger partial charge in [0.1, 0.15) is 11.2 Å². The van der Waals surface area contributed by atoms with Gasteiger partial charge in [0.25, 0.3) is 0 Å². The molecule has 0 saturated carbocycles. The number of aromatic nitrogens is 3. The molecule has 224 valence electrons. The smallest absolute Gasteiger partial charge is 0.169 e. The van der Waals surface area contributed by atoms with E-state index >= 15 is 0 Å². The van der Waals surface area contributed by atoms with E-state index in [1.807, 2.05) is 12.1 Å². The summed E-state index contributed by atoms with van der Waals surface area (Å²) in [5.74, 6) is 0.804. The van der Waals surface area contributed by atoms with Crippen LogP contribution in [-0.2, 0) is 0 Å².